The van der Waals surface area contributed by atoms with Crippen molar-refractivity contribution < 1.29 is 14.6 Å². The van der Waals surface area contributed by atoms with E-state index < -0.39 is 0 Å². The number of carbonyl (C=O) groups is 1. The Morgan fingerprint density at radius 1 is 1.02 bits per heavy atom. The number of hydrogen-bond donors (Lipinski definition) is 3. The average Bonchev–Trinajstić information content (AvgIpc) is 3.39. The molecule has 2 aromatic heterocycles. The molecule has 1 amide bonds. The number of methoxy groups -OCH3 is 1. The van der Waals surface area contributed by atoms with Crippen LogP contribution in [0.5, 0.6) is 11.5 Å². The molecule has 0 spiro atoms. The number of aromatic nitrogens is 3. The topological polar surface area (TPSA) is 122 Å². The fourth-order valence-electron chi connectivity index (χ4n) is 6.30. The van der Waals surface area contributed by atoms with Crippen molar-refractivity contribution in [1.82, 2.24) is 24.3 Å². The molecule has 2 aliphatic rings. The summed E-state index contributed by atoms with van der Waals surface area (Å²) in [6, 6.07) is 12.9. The van der Waals surface area contributed by atoms with Crippen LogP contribution >= 0.6 is 0 Å². The number of likely N-dealkylation sites (N-methyl/N-ethyl adjacent to an activating group) is 1. The Morgan fingerprint density at radius 2 is 1.78 bits per heavy atom. The predicted molar refractivity (Wildman–Crippen MR) is 160 cm³/mol. The van der Waals surface area contributed by atoms with Crippen molar-refractivity contribution in [3.8, 4) is 22.6 Å². The number of nitrogens with zero attached hydrogens (tertiary/aromatic N) is 5. The second-order valence-corrected chi connectivity index (χ2v) is 11.1. The van der Waals surface area contributed by atoms with E-state index in [1.54, 1.807) is 19.2 Å². The van der Waals surface area contributed by atoms with Crippen LogP contribution in [0.25, 0.3) is 22.2 Å². The van der Waals surface area contributed by atoms with Crippen molar-refractivity contribution in [3.05, 3.63) is 60.6 Å². The number of anilines is 2. The van der Waals surface area contributed by atoms with Gasteiger partial charge in [-0.15, -0.1) is 0 Å². The molecule has 1 aliphatic heterocycles. The van der Waals surface area contributed by atoms with Gasteiger partial charge in [0.2, 0.25) is 0 Å². The highest BCUT2D eigenvalue weighted by molar-refractivity contribution is 6.06. The number of benzene rings is 2. The molecule has 2 aromatic carbocycles. The van der Waals surface area contributed by atoms with E-state index in [2.05, 4.69) is 42.9 Å². The number of nitrogens with one attached hydrogen (secondary N) is 1. The Morgan fingerprint density at radius 3 is 2.51 bits per heavy atom. The predicted octanol–water partition coefficient (Wildman–Crippen LogP) is 4.38. The fraction of sp³-hybridized carbons (Fsp3) is 0.387. The molecule has 0 unspecified atom stereocenters. The number of fused-ring (bicyclic) bond motifs is 1. The molecule has 10 heteroatoms. The monoisotopic (exact) mass is 555 g/mol. The third-order valence-electron chi connectivity index (χ3n) is 8.62. The minimum absolute atomic E-state index is 0.0315. The second-order valence-electron chi connectivity index (χ2n) is 11.1. The molecule has 41 heavy (non-hydrogen) atoms. The van der Waals surface area contributed by atoms with Crippen LogP contribution in [-0.4, -0.2) is 81.7 Å². The van der Waals surface area contributed by atoms with Gasteiger partial charge in [-0.05, 0) is 68.6 Å². The first-order valence-corrected chi connectivity index (χ1v) is 14.2. The van der Waals surface area contributed by atoms with E-state index in [4.69, 9.17) is 10.5 Å². The molecule has 0 bridgehead atoms. The first kappa shape index (κ1) is 27.0. The zero-order chi connectivity index (χ0) is 28.5. The number of piperazine rings is 1. The summed E-state index contributed by atoms with van der Waals surface area (Å²) in [6.07, 6.45) is 8.21. The van der Waals surface area contributed by atoms with Gasteiger partial charge in [0.15, 0.2) is 0 Å². The Bertz CT molecular complexity index is 1550. The molecule has 0 radical (unpaired) electrons. The van der Waals surface area contributed by atoms with Crippen LogP contribution in [0.3, 0.4) is 0 Å². The molecule has 2 fully saturated rings. The van der Waals surface area contributed by atoms with E-state index in [1.165, 1.54) is 31.3 Å². The van der Waals surface area contributed by atoms with Gasteiger partial charge >= 0.3 is 0 Å². The number of amides is 1. The zero-order valence-electron chi connectivity index (χ0n) is 23.6. The summed E-state index contributed by atoms with van der Waals surface area (Å²) in [5, 5.41) is 13.5. The number of phenolic OH excluding ortho intramolecular Hbond substituents is 1. The molecular formula is C31H37N7O3. The summed E-state index contributed by atoms with van der Waals surface area (Å²) in [6.45, 7) is 4.59. The van der Waals surface area contributed by atoms with E-state index in [9.17, 15) is 9.90 Å². The molecule has 1 aliphatic carbocycles. The van der Waals surface area contributed by atoms with Gasteiger partial charge in [-0.2, -0.15) is 0 Å². The number of rotatable bonds is 6. The normalized spacial score (nSPS) is 20.2. The highest BCUT2D eigenvalue weighted by Crippen LogP contribution is 2.40. The highest BCUT2D eigenvalue weighted by atomic mass is 16.5. The zero-order valence-corrected chi connectivity index (χ0v) is 23.6. The number of ether oxygens (including phenoxy) is 1. The van der Waals surface area contributed by atoms with Crippen LogP contribution in [0.15, 0.2) is 55.0 Å². The van der Waals surface area contributed by atoms with Crippen molar-refractivity contribution in [2.75, 3.05) is 51.4 Å². The maximum absolute atomic E-state index is 12.8. The number of hydrogen-bond acceptors (Lipinski definition) is 8. The summed E-state index contributed by atoms with van der Waals surface area (Å²) in [5.74, 6) is 0.646. The Labute approximate surface area is 239 Å². The highest BCUT2D eigenvalue weighted by Gasteiger charge is 2.30. The first-order chi connectivity index (χ1) is 19.9. The summed E-state index contributed by atoms with van der Waals surface area (Å²) in [7, 11) is 3.77. The Hall–Kier alpha value is -4.15. The van der Waals surface area contributed by atoms with Gasteiger partial charge in [0.1, 0.15) is 29.3 Å². The van der Waals surface area contributed by atoms with Crippen molar-refractivity contribution in [3.63, 3.8) is 0 Å². The van der Waals surface area contributed by atoms with Gasteiger partial charge in [-0.25, -0.2) is 9.97 Å². The largest absolute Gasteiger partial charge is 0.508 e. The Kier molecular flexibility index (Phi) is 7.51. The number of nitrogens with two attached hydrogens (primary N) is 1. The maximum atomic E-state index is 12.8. The lowest BCUT2D eigenvalue weighted by Gasteiger charge is -2.41. The molecule has 6 rings (SSSR count). The standard InChI is InChI=1S/C31H37N7O3/c1-36-12-14-37(15-13-36)22-7-9-23(10-8-22)38-18-25(28-29(32)33-19-34-30(28)38)20-6-11-26(27(17-20)41-2)35-31(40)21-4-3-5-24(39)16-21/h3-6,11,16-19,22-23,39H,7-10,12-15H2,1-2H3,(H,35,40)(H2,32,33,34). The van der Waals surface area contributed by atoms with Crippen LogP contribution in [0.2, 0.25) is 0 Å². The number of phenols is 1. The van der Waals surface area contributed by atoms with Gasteiger partial charge in [-0.1, -0.05) is 12.1 Å². The third-order valence-corrected chi connectivity index (χ3v) is 8.62. The lowest BCUT2D eigenvalue weighted by molar-refractivity contribution is 0.0828. The minimum Gasteiger partial charge on any atom is -0.508 e. The fourth-order valence-corrected chi connectivity index (χ4v) is 6.30. The summed E-state index contributed by atoms with van der Waals surface area (Å²) in [4.78, 5) is 26.9. The number of aromatic hydroxyl groups is 1. The molecular weight excluding hydrogens is 518 g/mol. The van der Waals surface area contributed by atoms with Crippen LogP contribution in [-0.2, 0) is 0 Å². The van der Waals surface area contributed by atoms with Gasteiger partial charge in [0.25, 0.3) is 5.91 Å². The lowest BCUT2D eigenvalue weighted by atomic mass is 9.89. The molecule has 3 heterocycles. The molecule has 10 nitrogen and oxygen atoms in total. The summed E-state index contributed by atoms with van der Waals surface area (Å²) in [5.41, 5.74) is 9.98. The minimum atomic E-state index is -0.339. The second kappa shape index (κ2) is 11.4. The van der Waals surface area contributed by atoms with Crippen LogP contribution in [0.4, 0.5) is 11.5 Å². The summed E-state index contributed by atoms with van der Waals surface area (Å²) >= 11 is 0. The van der Waals surface area contributed by atoms with Gasteiger partial charge < -0.3 is 30.4 Å². The molecule has 1 saturated carbocycles. The van der Waals surface area contributed by atoms with Crippen molar-refractivity contribution in [2.24, 2.45) is 0 Å². The van der Waals surface area contributed by atoms with Crippen molar-refractivity contribution in [1.29, 1.82) is 0 Å². The quantitative estimate of drug-likeness (QED) is 0.321. The van der Waals surface area contributed by atoms with E-state index >= 15 is 0 Å². The number of carbonyl (C=O) groups excluding carboxylic acids is 1. The van der Waals surface area contributed by atoms with Gasteiger partial charge in [0.05, 0.1) is 18.2 Å². The van der Waals surface area contributed by atoms with E-state index in [0.29, 0.717) is 34.9 Å². The first-order valence-electron chi connectivity index (χ1n) is 14.2. The van der Waals surface area contributed by atoms with Crippen LogP contribution < -0.4 is 15.8 Å². The smallest absolute Gasteiger partial charge is 0.255 e. The summed E-state index contributed by atoms with van der Waals surface area (Å²) < 4.78 is 7.95. The SMILES string of the molecule is COc1cc(-c2cn(C3CCC(N4CCN(C)CC4)CC3)c3ncnc(N)c23)ccc1NC(=O)c1cccc(O)c1. The van der Waals surface area contributed by atoms with Crippen molar-refractivity contribution >= 4 is 28.4 Å². The molecule has 214 valence electrons. The molecule has 1 saturated heterocycles. The maximum Gasteiger partial charge on any atom is 0.255 e. The lowest BCUT2D eigenvalue weighted by Crippen LogP contribution is -2.49. The van der Waals surface area contributed by atoms with E-state index in [-0.39, 0.29) is 11.7 Å². The molecule has 0 atom stereocenters. The number of nitrogen functional groups attached to an aromatic ring is 1. The Balaban J connectivity index is 1.26. The van der Waals surface area contributed by atoms with Crippen molar-refractivity contribution in [2.45, 2.75) is 37.8 Å². The van der Waals surface area contributed by atoms with Crippen LogP contribution in [0, 0.1) is 0 Å². The van der Waals surface area contributed by atoms with Gasteiger partial charge in [0, 0.05) is 55.6 Å². The van der Waals surface area contributed by atoms with E-state index in [1.807, 2.05) is 18.2 Å². The molecule has 4 aromatic rings. The van der Waals surface area contributed by atoms with Gasteiger partial charge in [-0.3, -0.25) is 9.69 Å². The average molecular weight is 556 g/mol. The third kappa shape index (κ3) is 5.45. The van der Waals surface area contributed by atoms with Crippen LogP contribution in [0.1, 0.15) is 42.1 Å². The molecule has 4 N–H and O–H groups in total. The van der Waals surface area contributed by atoms with E-state index in [0.717, 1.165) is 61.2 Å².